The van der Waals surface area contributed by atoms with Crippen LogP contribution in [-0.2, 0) is 9.53 Å². The second-order valence-electron chi connectivity index (χ2n) is 5.43. The van der Waals surface area contributed by atoms with Gasteiger partial charge in [-0.25, -0.2) is 0 Å². The van der Waals surface area contributed by atoms with Gasteiger partial charge in [0.25, 0.3) is 0 Å². The zero-order valence-corrected chi connectivity index (χ0v) is 13.9. The summed E-state index contributed by atoms with van der Waals surface area (Å²) < 4.78 is 10.7. The van der Waals surface area contributed by atoms with E-state index in [1.807, 2.05) is 50.2 Å². The molecule has 0 aromatic heterocycles. The smallest absolute Gasteiger partial charge is 0.318 e. The molecule has 1 atom stereocenters. The number of aryl methyl sites for hydroxylation is 2. The molecule has 4 nitrogen and oxygen atoms in total. The molecule has 0 aliphatic carbocycles. The van der Waals surface area contributed by atoms with Gasteiger partial charge in [0.1, 0.15) is 17.4 Å². The molecule has 4 heteroatoms. The zero-order valence-electron chi connectivity index (χ0n) is 13.9. The van der Waals surface area contributed by atoms with E-state index in [-0.39, 0.29) is 11.7 Å². The number of carbonyl (C=O) groups excluding carboxylic acids is 1. The molecule has 1 unspecified atom stereocenters. The molecule has 23 heavy (non-hydrogen) atoms. The van der Waals surface area contributed by atoms with Gasteiger partial charge in [0.15, 0.2) is 0 Å². The Labute approximate surface area is 136 Å². The van der Waals surface area contributed by atoms with E-state index in [2.05, 4.69) is 0 Å². The Morgan fingerprint density at radius 1 is 1.17 bits per heavy atom. The number of aromatic hydroxyl groups is 1. The predicted molar refractivity (Wildman–Crippen MR) is 89.1 cm³/mol. The third-order valence-corrected chi connectivity index (χ3v) is 3.82. The summed E-state index contributed by atoms with van der Waals surface area (Å²) in [7, 11) is 1.58. The highest BCUT2D eigenvalue weighted by atomic mass is 16.5. The fourth-order valence-electron chi connectivity index (χ4n) is 2.73. The van der Waals surface area contributed by atoms with Gasteiger partial charge in [-0.1, -0.05) is 30.3 Å². The van der Waals surface area contributed by atoms with Crippen LogP contribution in [0, 0.1) is 13.8 Å². The number of para-hydroxylation sites is 1. The van der Waals surface area contributed by atoms with Crippen LogP contribution in [0.1, 0.15) is 35.1 Å². The monoisotopic (exact) mass is 314 g/mol. The van der Waals surface area contributed by atoms with Crippen LogP contribution in [0.2, 0.25) is 0 Å². The summed E-state index contributed by atoms with van der Waals surface area (Å²) in [5.41, 5.74) is 2.98. The van der Waals surface area contributed by atoms with Crippen molar-refractivity contribution in [3.63, 3.8) is 0 Å². The highest BCUT2D eigenvalue weighted by Gasteiger charge is 2.28. The first-order valence-corrected chi connectivity index (χ1v) is 7.59. The number of esters is 1. The van der Waals surface area contributed by atoms with Gasteiger partial charge < -0.3 is 14.6 Å². The number of phenols is 1. The van der Waals surface area contributed by atoms with Crippen molar-refractivity contribution in [3.05, 3.63) is 58.7 Å². The fraction of sp³-hybridized carbons (Fsp3) is 0.316. The molecule has 0 saturated heterocycles. The summed E-state index contributed by atoms with van der Waals surface area (Å²) in [5.74, 6) is -0.0455. The lowest BCUT2D eigenvalue weighted by molar-refractivity contribution is -0.143. The minimum atomic E-state index is -0.593. The SMILES string of the molecule is CCOC(=O)C(c1cc(C)c(O)c(C)c1)c1ccccc1OC. The minimum Gasteiger partial charge on any atom is -0.507 e. The summed E-state index contributed by atoms with van der Waals surface area (Å²) in [5, 5.41) is 9.98. The maximum atomic E-state index is 12.6. The first-order valence-electron chi connectivity index (χ1n) is 7.59. The summed E-state index contributed by atoms with van der Waals surface area (Å²) in [6, 6.07) is 11.0. The molecule has 2 aromatic carbocycles. The molecule has 0 spiro atoms. The van der Waals surface area contributed by atoms with Crippen LogP contribution in [0.15, 0.2) is 36.4 Å². The average molecular weight is 314 g/mol. The number of hydrogen-bond donors (Lipinski definition) is 1. The van der Waals surface area contributed by atoms with Gasteiger partial charge in [0.05, 0.1) is 13.7 Å². The van der Waals surface area contributed by atoms with Gasteiger partial charge in [-0.2, -0.15) is 0 Å². The number of hydrogen-bond acceptors (Lipinski definition) is 4. The molecule has 122 valence electrons. The van der Waals surface area contributed by atoms with Crippen LogP contribution in [0.4, 0.5) is 0 Å². The average Bonchev–Trinajstić information content (AvgIpc) is 2.53. The predicted octanol–water partition coefficient (Wildman–Crippen LogP) is 3.71. The first kappa shape index (κ1) is 16.9. The van der Waals surface area contributed by atoms with E-state index in [4.69, 9.17) is 9.47 Å². The first-order chi connectivity index (χ1) is 11.0. The van der Waals surface area contributed by atoms with Crippen molar-refractivity contribution < 1.29 is 19.4 Å². The second-order valence-corrected chi connectivity index (χ2v) is 5.43. The van der Waals surface area contributed by atoms with Crippen LogP contribution >= 0.6 is 0 Å². The normalized spacial score (nSPS) is 11.8. The molecular formula is C19H22O4. The molecule has 0 bridgehead atoms. The van der Waals surface area contributed by atoms with Gasteiger partial charge in [0.2, 0.25) is 0 Å². The van der Waals surface area contributed by atoms with Crippen molar-refractivity contribution in [1.29, 1.82) is 0 Å². The maximum absolute atomic E-state index is 12.6. The fourth-order valence-corrected chi connectivity index (χ4v) is 2.73. The molecule has 0 aliphatic heterocycles. The number of methoxy groups -OCH3 is 1. The Bertz CT molecular complexity index is 683. The number of carbonyl (C=O) groups is 1. The van der Waals surface area contributed by atoms with Crippen molar-refractivity contribution in [1.82, 2.24) is 0 Å². The quantitative estimate of drug-likeness (QED) is 0.855. The zero-order chi connectivity index (χ0) is 17.0. The molecular weight excluding hydrogens is 292 g/mol. The van der Waals surface area contributed by atoms with Crippen LogP contribution in [0.25, 0.3) is 0 Å². The highest BCUT2D eigenvalue weighted by Crippen LogP contribution is 2.35. The van der Waals surface area contributed by atoms with Gasteiger partial charge in [-0.05, 0) is 43.5 Å². The Morgan fingerprint density at radius 2 is 1.78 bits per heavy atom. The van der Waals surface area contributed by atoms with Crippen LogP contribution in [0.5, 0.6) is 11.5 Å². The third-order valence-electron chi connectivity index (χ3n) is 3.82. The van der Waals surface area contributed by atoms with Crippen molar-refractivity contribution in [3.8, 4) is 11.5 Å². The maximum Gasteiger partial charge on any atom is 0.318 e. The van der Waals surface area contributed by atoms with E-state index in [0.717, 1.165) is 22.3 Å². The Kier molecular flexibility index (Phi) is 5.27. The standard InChI is InChI=1S/C19H22O4/c1-5-23-19(21)17(15-8-6-7-9-16(15)22-4)14-10-12(2)18(20)13(3)11-14/h6-11,17,20H,5H2,1-4H3. The van der Waals surface area contributed by atoms with E-state index in [9.17, 15) is 9.90 Å². The number of rotatable bonds is 5. The molecule has 0 fully saturated rings. The molecule has 1 N–H and O–H groups in total. The number of benzene rings is 2. The van der Waals surface area contributed by atoms with Crippen molar-refractivity contribution in [2.45, 2.75) is 26.7 Å². The minimum absolute atomic E-state index is 0.247. The molecule has 0 radical (unpaired) electrons. The Hall–Kier alpha value is -2.49. The third kappa shape index (κ3) is 3.47. The molecule has 0 heterocycles. The van der Waals surface area contributed by atoms with Crippen molar-refractivity contribution in [2.75, 3.05) is 13.7 Å². The highest BCUT2D eigenvalue weighted by molar-refractivity contribution is 5.83. The van der Waals surface area contributed by atoms with E-state index in [1.165, 1.54) is 0 Å². The van der Waals surface area contributed by atoms with E-state index < -0.39 is 5.92 Å². The van der Waals surface area contributed by atoms with Gasteiger partial charge >= 0.3 is 5.97 Å². The lowest BCUT2D eigenvalue weighted by Crippen LogP contribution is -2.18. The lowest BCUT2D eigenvalue weighted by Gasteiger charge is -2.20. The molecule has 0 saturated carbocycles. The van der Waals surface area contributed by atoms with Gasteiger partial charge in [-0.15, -0.1) is 0 Å². The summed E-state index contributed by atoms with van der Waals surface area (Å²) in [4.78, 5) is 12.6. The van der Waals surface area contributed by atoms with Gasteiger partial charge in [0, 0.05) is 5.56 Å². The number of phenolic OH excluding ortho intramolecular Hbond substituents is 1. The Balaban J connectivity index is 2.62. The largest absolute Gasteiger partial charge is 0.507 e. The lowest BCUT2D eigenvalue weighted by atomic mass is 9.88. The van der Waals surface area contributed by atoms with Crippen molar-refractivity contribution >= 4 is 5.97 Å². The molecule has 2 aromatic rings. The molecule has 0 amide bonds. The van der Waals surface area contributed by atoms with Gasteiger partial charge in [-0.3, -0.25) is 4.79 Å². The summed E-state index contributed by atoms with van der Waals surface area (Å²) in [6.45, 7) is 5.72. The van der Waals surface area contributed by atoms with Crippen molar-refractivity contribution in [2.24, 2.45) is 0 Å². The summed E-state index contributed by atoms with van der Waals surface area (Å²) >= 11 is 0. The second kappa shape index (κ2) is 7.18. The molecule has 2 rings (SSSR count). The van der Waals surface area contributed by atoms with E-state index >= 15 is 0 Å². The van der Waals surface area contributed by atoms with Crippen LogP contribution in [-0.4, -0.2) is 24.8 Å². The topological polar surface area (TPSA) is 55.8 Å². The molecule has 0 aliphatic rings. The number of ether oxygens (including phenoxy) is 2. The summed E-state index contributed by atoms with van der Waals surface area (Å²) in [6.07, 6.45) is 0. The van der Waals surface area contributed by atoms with Crippen LogP contribution < -0.4 is 4.74 Å². The van der Waals surface area contributed by atoms with E-state index in [0.29, 0.717) is 12.4 Å². The van der Waals surface area contributed by atoms with E-state index in [1.54, 1.807) is 14.0 Å². The van der Waals surface area contributed by atoms with Crippen LogP contribution in [0.3, 0.4) is 0 Å². The Morgan fingerprint density at radius 3 is 2.35 bits per heavy atom.